The van der Waals surface area contributed by atoms with Crippen LogP contribution >= 0.6 is 0 Å². The van der Waals surface area contributed by atoms with Crippen molar-refractivity contribution < 1.29 is 53.1 Å². The van der Waals surface area contributed by atoms with Crippen LogP contribution in [-0.2, 0) is 46.2 Å². The molecule has 3 saturated carbocycles. The molecule has 18 atom stereocenters. The van der Waals surface area contributed by atoms with Gasteiger partial charge in [0.1, 0.15) is 30.2 Å². The highest BCUT2D eigenvalue weighted by molar-refractivity contribution is 5.92. The van der Waals surface area contributed by atoms with E-state index in [2.05, 4.69) is 67.8 Å². The summed E-state index contributed by atoms with van der Waals surface area (Å²) in [6.45, 7) is 9.78. The Labute approximate surface area is 400 Å². The lowest BCUT2D eigenvalue weighted by atomic mass is 9.32. The highest BCUT2D eigenvalue weighted by atomic mass is 16.7. The highest BCUT2D eigenvalue weighted by Crippen LogP contribution is 2.83. The number of aliphatic hydroxyl groups is 3. The molecule has 0 radical (unpaired) electrons. The molecule has 5 aliphatic heterocycles. The number of furan rings is 1. The van der Waals surface area contributed by atoms with Crippen molar-refractivity contribution >= 4 is 17.7 Å². The fourth-order valence-corrected chi connectivity index (χ4v) is 16.9. The number of esters is 2. The van der Waals surface area contributed by atoms with Crippen molar-refractivity contribution in [2.45, 2.75) is 159 Å². The highest BCUT2D eigenvalue weighted by Gasteiger charge is 2.93. The first-order valence-corrected chi connectivity index (χ1v) is 26.2. The van der Waals surface area contributed by atoms with Gasteiger partial charge in [-0.05, 0) is 112 Å². The van der Waals surface area contributed by atoms with E-state index in [0.717, 1.165) is 64.6 Å². The molecule has 0 bridgehead atoms. The number of hydrogen-bond donors (Lipinski definition) is 5. The van der Waals surface area contributed by atoms with E-state index in [1.54, 1.807) is 6.26 Å². The summed E-state index contributed by atoms with van der Waals surface area (Å²) in [5, 5.41) is 42.5. The molecule has 6 heterocycles. The van der Waals surface area contributed by atoms with E-state index >= 15 is 4.79 Å². The summed E-state index contributed by atoms with van der Waals surface area (Å²) in [6.07, 6.45) is 9.96. The number of carbonyl (C=O) groups is 3. The summed E-state index contributed by atoms with van der Waals surface area (Å²) in [6, 6.07) is 12.7. The van der Waals surface area contributed by atoms with Crippen LogP contribution in [0.3, 0.4) is 0 Å². The number of allylic oxidation sites excluding steroid dienone is 1. The van der Waals surface area contributed by atoms with Gasteiger partial charge in [-0.15, -0.1) is 0 Å². The Morgan fingerprint density at radius 3 is 2.51 bits per heavy atom. The third kappa shape index (κ3) is 6.89. The maximum atomic E-state index is 16.0. The fourth-order valence-electron chi connectivity index (χ4n) is 16.9. The molecule has 0 amide bonds. The van der Waals surface area contributed by atoms with Crippen molar-refractivity contribution in [3.8, 4) is 0 Å². The Balaban J connectivity index is 1.01. The molecule has 5 N–H and O–H groups in total. The quantitative estimate of drug-likeness (QED) is 0.0873. The van der Waals surface area contributed by atoms with Crippen LogP contribution in [0.4, 0.5) is 0 Å². The molecule has 1 aromatic heterocycles. The van der Waals surface area contributed by atoms with E-state index in [1.165, 1.54) is 5.56 Å². The second kappa shape index (κ2) is 17.4. The second-order valence-electron chi connectivity index (χ2n) is 23.6. The van der Waals surface area contributed by atoms with Crippen molar-refractivity contribution in [2.24, 2.45) is 63.6 Å². The van der Waals surface area contributed by atoms with Crippen LogP contribution in [0.5, 0.6) is 0 Å². The van der Waals surface area contributed by atoms with Crippen LogP contribution in [0.15, 0.2) is 59.2 Å². The molecule has 11 rings (SSSR count). The minimum absolute atomic E-state index is 0.0136. The molecule has 2 aromatic rings. The molecule has 68 heavy (non-hydrogen) atoms. The largest absolute Gasteiger partial charge is 0.469 e. The van der Waals surface area contributed by atoms with Crippen molar-refractivity contribution in [3.63, 3.8) is 0 Å². The molecular formula is C55H74N2O11. The molecule has 370 valence electrons. The van der Waals surface area contributed by atoms with Crippen LogP contribution in [0, 0.1) is 63.6 Å². The van der Waals surface area contributed by atoms with E-state index in [-0.39, 0.29) is 54.4 Å². The molecule has 8 fully saturated rings. The number of ketones is 1. The maximum Gasteiger partial charge on any atom is 0.339 e. The summed E-state index contributed by atoms with van der Waals surface area (Å²) in [5.41, 5.74) is -3.47. The molecule has 5 saturated heterocycles. The van der Waals surface area contributed by atoms with Gasteiger partial charge in [-0.2, -0.15) is 0 Å². The molecule has 9 aliphatic rings. The minimum atomic E-state index is -1.48. The average Bonchev–Trinajstić information content (AvgIpc) is 3.59. The van der Waals surface area contributed by atoms with Crippen molar-refractivity contribution in [2.75, 3.05) is 26.4 Å². The van der Waals surface area contributed by atoms with Gasteiger partial charge in [-0.1, -0.05) is 76.1 Å². The van der Waals surface area contributed by atoms with E-state index in [9.17, 15) is 24.9 Å². The van der Waals surface area contributed by atoms with Crippen LogP contribution in [-0.4, -0.2) is 101 Å². The number of epoxide rings is 1. The van der Waals surface area contributed by atoms with Gasteiger partial charge in [0.2, 0.25) is 0 Å². The number of aliphatic hydroxyl groups excluding tert-OH is 3. The molecule has 18 unspecified atom stereocenters. The molecule has 2 spiro atoms. The zero-order chi connectivity index (χ0) is 47.4. The van der Waals surface area contributed by atoms with Crippen LogP contribution < -0.4 is 10.6 Å². The van der Waals surface area contributed by atoms with Crippen LogP contribution in [0.1, 0.15) is 121 Å². The van der Waals surface area contributed by atoms with E-state index in [4.69, 9.17) is 23.4 Å². The number of hydrogen-bond acceptors (Lipinski definition) is 13. The number of ether oxygens (including phenoxy) is 4. The van der Waals surface area contributed by atoms with Gasteiger partial charge < -0.3 is 44.0 Å². The van der Waals surface area contributed by atoms with Gasteiger partial charge in [-0.25, -0.2) is 4.79 Å². The maximum absolute atomic E-state index is 16.0. The minimum Gasteiger partial charge on any atom is -0.469 e. The van der Waals surface area contributed by atoms with Crippen molar-refractivity contribution in [3.05, 3.63) is 71.7 Å². The van der Waals surface area contributed by atoms with Gasteiger partial charge in [0, 0.05) is 53.4 Å². The van der Waals surface area contributed by atoms with Crippen molar-refractivity contribution in [1.82, 2.24) is 10.6 Å². The first-order chi connectivity index (χ1) is 32.7. The van der Waals surface area contributed by atoms with Gasteiger partial charge in [0.15, 0.2) is 11.9 Å². The number of carbonyl (C=O) groups excluding carboxylic acids is 3. The van der Waals surface area contributed by atoms with Gasteiger partial charge in [0.25, 0.3) is 0 Å². The molecule has 13 heteroatoms. The van der Waals surface area contributed by atoms with Crippen LogP contribution in [0.2, 0.25) is 0 Å². The Bertz CT molecular complexity index is 2260. The fraction of sp³-hybridized carbons (Fsp3) is 0.727. The Kier molecular flexibility index (Phi) is 12.0. The smallest absolute Gasteiger partial charge is 0.339 e. The van der Waals surface area contributed by atoms with Crippen LogP contribution in [0.25, 0.3) is 0 Å². The lowest BCUT2D eigenvalue weighted by Crippen LogP contribution is -2.79. The summed E-state index contributed by atoms with van der Waals surface area (Å²) in [4.78, 5) is 44.3. The number of rotatable bonds is 13. The predicted octanol–water partition coefficient (Wildman–Crippen LogP) is 6.17. The normalized spacial score (nSPS) is 44.8. The number of fused-ring (bicyclic) bond motifs is 1. The molecule has 4 aliphatic carbocycles. The Morgan fingerprint density at radius 1 is 0.956 bits per heavy atom. The summed E-state index contributed by atoms with van der Waals surface area (Å²) in [7, 11) is 0. The van der Waals surface area contributed by atoms with Gasteiger partial charge in [-0.3, -0.25) is 14.9 Å². The summed E-state index contributed by atoms with van der Waals surface area (Å²) >= 11 is 0. The van der Waals surface area contributed by atoms with E-state index < -0.39 is 76.5 Å². The first-order valence-electron chi connectivity index (χ1n) is 26.2. The average molecular weight is 939 g/mol. The standard InChI is InChI=1S/C55H74N2O11/c1-31(2)17-21-52(4)46-45(61)47(62)54(36-12-8-11-33(24-36)23-32-9-6-5-7-10-32)42(53(46)29-65-44(60)26-43(53)67-52)18-20-51(3)48(66-50(63)49-55(51,54)68-49)37-19-22-64-41(37)25-38(40(59)28-58)34-13-15-35(16-14-34)39-27-56-30-57-39/h5-7,9-10,13,15,19,22,31,33-36,38-40,42-43,46-49,56-59,62H,8,11-12,14,16-18,20-21,23-30H2,1-4H3. The Morgan fingerprint density at radius 2 is 1.78 bits per heavy atom. The van der Waals surface area contributed by atoms with Gasteiger partial charge >= 0.3 is 11.9 Å². The lowest BCUT2D eigenvalue weighted by molar-refractivity contribution is -0.276. The lowest BCUT2D eigenvalue weighted by Gasteiger charge is -2.70. The summed E-state index contributed by atoms with van der Waals surface area (Å²) in [5.74, 6) is -1.31. The molecular weight excluding hydrogens is 865 g/mol. The third-order valence-electron chi connectivity index (χ3n) is 19.9. The predicted molar refractivity (Wildman–Crippen MR) is 249 cm³/mol. The molecule has 1 aromatic carbocycles. The van der Waals surface area contributed by atoms with E-state index in [0.29, 0.717) is 54.9 Å². The third-order valence-corrected chi connectivity index (χ3v) is 19.9. The van der Waals surface area contributed by atoms with Gasteiger partial charge in [0.05, 0.1) is 43.0 Å². The number of Topliss-reactive ketones (excluding diaryl/α,β-unsaturated/α-hetero) is 1. The monoisotopic (exact) mass is 939 g/mol. The second-order valence-corrected chi connectivity index (χ2v) is 23.6. The van der Waals surface area contributed by atoms with E-state index in [1.807, 2.05) is 19.1 Å². The SMILES string of the molecule is CC(C)CCC1(C)OC2CC(=O)OCC23C1C(=O)C(O)C1(C2CCCC(Cc4ccccc4)C2)C3CCC2(C)C(c3ccoc3CC(C(O)CO)C3C=CC(C4CNCN4)CC3)OC(=O)C3OC321. The zero-order valence-corrected chi connectivity index (χ0v) is 40.4. The first kappa shape index (κ1) is 46.9. The topological polar surface area (TPSA) is 189 Å². The number of cyclic esters (lactones) is 2. The van der Waals surface area contributed by atoms with Crippen molar-refractivity contribution in [1.29, 1.82) is 0 Å². The molecule has 13 nitrogen and oxygen atoms in total. The number of nitrogens with one attached hydrogen (secondary N) is 2. The Hall–Kier alpha value is -3.43. The zero-order valence-electron chi connectivity index (χ0n) is 40.4. The summed E-state index contributed by atoms with van der Waals surface area (Å²) < 4.78 is 33.5. The number of benzene rings is 1.